The largest absolute Gasteiger partial charge is 0.444 e. The van der Waals surface area contributed by atoms with E-state index in [0.29, 0.717) is 41.5 Å². The normalized spacial score (nSPS) is 18.6. The number of carbonyl (C=O) groups is 1. The number of ether oxygens (including phenoxy) is 1. The minimum absolute atomic E-state index is 0.220. The zero-order valence-electron chi connectivity index (χ0n) is 16.0. The van der Waals surface area contributed by atoms with Crippen molar-refractivity contribution in [3.63, 3.8) is 0 Å². The fourth-order valence-corrected chi connectivity index (χ4v) is 4.94. The molecule has 0 radical (unpaired) electrons. The lowest BCUT2D eigenvalue weighted by molar-refractivity contribution is 0.0163. The Bertz CT molecular complexity index is 793. The van der Waals surface area contributed by atoms with Crippen molar-refractivity contribution in [3.05, 3.63) is 33.8 Å². The van der Waals surface area contributed by atoms with E-state index in [2.05, 4.69) is 0 Å². The predicted octanol–water partition coefficient (Wildman–Crippen LogP) is 4.15. The van der Waals surface area contributed by atoms with Crippen LogP contribution in [0.2, 0.25) is 10.0 Å². The Morgan fingerprint density at radius 3 is 2.59 bits per heavy atom. The summed E-state index contributed by atoms with van der Waals surface area (Å²) in [5.74, 6) is -0.220. The fraction of sp³-hybridized carbons (Fsp3) is 0.611. The fourth-order valence-electron chi connectivity index (χ4n) is 2.91. The summed E-state index contributed by atoms with van der Waals surface area (Å²) in [6.07, 6.45) is 0.980. The molecule has 6 nitrogen and oxygen atoms in total. The molecule has 9 heteroatoms. The van der Waals surface area contributed by atoms with Gasteiger partial charge in [0.05, 0.1) is 5.75 Å². The summed E-state index contributed by atoms with van der Waals surface area (Å²) in [5, 5.41) is 0.772. The van der Waals surface area contributed by atoms with Crippen molar-refractivity contribution in [2.24, 2.45) is 0 Å². The summed E-state index contributed by atoms with van der Waals surface area (Å²) in [4.78, 5) is 13.9. The van der Waals surface area contributed by atoms with Crippen molar-refractivity contribution in [2.75, 3.05) is 20.1 Å². The molecule has 0 unspecified atom stereocenters. The summed E-state index contributed by atoms with van der Waals surface area (Å²) in [6, 6.07) is 4.45. The Morgan fingerprint density at radius 1 is 1.33 bits per heavy atom. The zero-order chi connectivity index (χ0) is 20.4. The van der Waals surface area contributed by atoms with Crippen molar-refractivity contribution in [1.82, 2.24) is 9.21 Å². The van der Waals surface area contributed by atoms with Gasteiger partial charge in [-0.3, -0.25) is 0 Å². The van der Waals surface area contributed by atoms with Crippen molar-refractivity contribution in [3.8, 4) is 0 Å². The molecule has 1 heterocycles. The lowest BCUT2D eigenvalue weighted by Crippen LogP contribution is -2.51. The van der Waals surface area contributed by atoms with Gasteiger partial charge in [0.15, 0.2) is 0 Å². The molecule has 0 aromatic heterocycles. The van der Waals surface area contributed by atoms with Crippen LogP contribution in [-0.2, 0) is 20.5 Å². The lowest BCUT2D eigenvalue weighted by Gasteiger charge is -2.37. The first-order valence-corrected chi connectivity index (χ1v) is 11.1. The summed E-state index contributed by atoms with van der Waals surface area (Å²) >= 11 is 12.0. The Kier molecular flexibility index (Phi) is 7.06. The molecule has 0 bridgehead atoms. The van der Waals surface area contributed by atoms with E-state index in [9.17, 15) is 13.2 Å². The van der Waals surface area contributed by atoms with Crippen molar-refractivity contribution >= 4 is 39.3 Å². The molecule has 1 aromatic rings. The SMILES string of the molecule is CN([C@@H]1CCCN(C(=O)OC(C)(C)C)C1)S(=O)(=O)Cc1ccc(Cl)cc1Cl. The van der Waals surface area contributed by atoms with E-state index in [1.54, 1.807) is 44.9 Å². The van der Waals surface area contributed by atoms with E-state index in [1.165, 1.54) is 10.4 Å². The molecule has 1 saturated heterocycles. The zero-order valence-corrected chi connectivity index (χ0v) is 18.4. The third-order valence-corrected chi connectivity index (χ3v) is 6.79. The molecule has 2 rings (SSSR count). The first kappa shape index (κ1) is 22.3. The highest BCUT2D eigenvalue weighted by molar-refractivity contribution is 7.88. The van der Waals surface area contributed by atoms with E-state index >= 15 is 0 Å². The summed E-state index contributed by atoms with van der Waals surface area (Å²) < 4.78 is 32.4. The molecule has 1 aliphatic heterocycles. The number of hydrogen-bond acceptors (Lipinski definition) is 4. The number of piperidine rings is 1. The van der Waals surface area contributed by atoms with E-state index in [-0.39, 0.29) is 11.8 Å². The van der Waals surface area contributed by atoms with Gasteiger partial charge in [-0.25, -0.2) is 13.2 Å². The molecule has 0 aliphatic carbocycles. The van der Waals surface area contributed by atoms with E-state index < -0.39 is 21.7 Å². The Labute approximate surface area is 171 Å². The van der Waals surface area contributed by atoms with Gasteiger partial charge in [-0.15, -0.1) is 0 Å². The topological polar surface area (TPSA) is 66.9 Å². The van der Waals surface area contributed by atoms with Crippen molar-refractivity contribution < 1.29 is 17.9 Å². The number of likely N-dealkylation sites (tertiary alicyclic amines) is 1. The molecule has 27 heavy (non-hydrogen) atoms. The standard InChI is InChI=1S/C18H26Cl2N2O4S/c1-18(2,3)26-17(23)22-9-5-6-15(11-22)21(4)27(24,25)12-13-7-8-14(19)10-16(13)20/h7-8,10,15H,5-6,9,11-12H2,1-4H3/t15-/m1/s1. The third kappa shape index (κ3) is 6.24. The summed E-state index contributed by atoms with van der Waals surface area (Å²) in [5.41, 5.74) is -0.0967. The first-order valence-electron chi connectivity index (χ1n) is 8.76. The van der Waals surface area contributed by atoms with Crippen LogP contribution in [0.15, 0.2) is 18.2 Å². The number of hydrogen-bond donors (Lipinski definition) is 0. The molecule has 0 N–H and O–H groups in total. The number of sulfonamides is 1. The van der Waals surface area contributed by atoms with Crippen LogP contribution in [0.25, 0.3) is 0 Å². The van der Waals surface area contributed by atoms with E-state index in [4.69, 9.17) is 27.9 Å². The quantitative estimate of drug-likeness (QED) is 0.710. The Balaban J connectivity index is 2.08. The van der Waals surface area contributed by atoms with Gasteiger partial charge in [-0.2, -0.15) is 4.31 Å². The second kappa shape index (κ2) is 8.55. The molecule has 0 saturated carbocycles. The molecule has 1 fully saturated rings. The van der Waals surface area contributed by atoms with Crippen molar-refractivity contribution in [1.29, 1.82) is 0 Å². The Hall–Kier alpha value is -1.02. The average Bonchev–Trinajstić information content (AvgIpc) is 2.55. The number of benzene rings is 1. The van der Waals surface area contributed by atoms with Crippen LogP contribution < -0.4 is 0 Å². The molecule has 1 atom stereocenters. The maximum absolute atomic E-state index is 12.8. The number of likely N-dealkylation sites (N-methyl/N-ethyl adjacent to an activating group) is 1. The minimum atomic E-state index is -3.61. The molecular weight excluding hydrogens is 411 g/mol. The second-order valence-corrected chi connectivity index (χ2v) is 10.6. The monoisotopic (exact) mass is 436 g/mol. The van der Waals surface area contributed by atoms with Gasteiger partial charge >= 0.3 is 6.09 Å². The molecule has 1 amide bonds. The molecular formula is C18H26Cl2N2O4S. The number of rotatable bonds is 4. The number of carbonyl (C=O) groups excluding carboxylic acids is 1. The van der Waals surface area contributed by atoms with Gasteiger partial charge in [-0.1, -0.05) is 29.3 Å². The minimum Gasteiger partial charge on any atom is -0.444 e. The second-order valence-electron chi connectivity index (χ2n) is 7.73. The highest BCUT2D eigenvalue weighted by Gasteiger charge is 2.34. The maximum Gasteiger partial charge on any atom is 0.410 e. The predicted molar refractivity (Wildman–Crippen MR) is 108 cm³/mol. The summed E-state index contributed by atoms with van der Waals surface area (Å²) in [7, 11) is -2.06. The van der Waals surface area contributed by atoms with Crippen LogP contribution >= 0.6 is 23.2 Å². The highest BCUT2D eigenvalue weighted by Crippen LogP contribution is 2.26. The number of halogens is 2. The van der Waals surface area contributed by atoms with Crippen LogP contribution in [0.1, 0.15) is 39.2 Å². The van der Waals surface area contributed by atoms with Crippen LogP contribution in [0.3, 0.4) is 0 Å². The average molecular weight is 437 g/mol. The van der Waals surface area contributed by atoms with Crippen LogP contribution in [0.5, 0.6) is 0 Å². The van der Waals surface area contributed by atoms with Gasteiger partial charge in [-0.05, 0) is 51.3 Å². The van der Waals surface area contributed by atoms with Crippen LogP contribution in [-0.4, -0.2) is 55.5 Å². The molecule has 152 valence electrons. The molecule has 0 spiro atoms. The number of amides is 1. The van der Waals surface area contributed by atoms with E-state index in [0.717, 1.165) is 0 Å². The highest BCUT2D eigenvalue weighted by atomic mass is 35.5. The van der Waals surface area contributed by atoms with Gasteiger partial charge in [0, 0.05) is 36.2 Å². The summed E-state index contributed by atoms with van der Waals surface area (Å²) in [6.45, 7) is 6.28. The van der Waals surface area contributed by atoms with Crippen LogP contribution in [0, 0.1) is 0 Å². The molecule has 1 aromatic carbocycles. The third-order valence-electron chi connectivity index (χ3n) is 4.35. The van der Waals surface area contributed by atoms with Gasteiger partial charge < -0.3 is 9.64 Å². The molecule has 1 aliphatic rings. The first-order chi connectivity index (χ1) is 12.4. The number of nitrogens with zero attached hydrogens (tertiary/aromatic N) is 2. The lowest BCUT2D eigenvalue weighted by atomic mass is 10.1. The van der Waals surface area contributed by atoms with Crippen LogP contribution in [0.4, 0.5) is 4.79 Å². The van der Waals surface area contributed by atoms with Gasteiger partial charge in [0.1, 0.15) is 5.60 Å². The van der Waals surface area contributed by atoms with Gasteiger partial charge in [0.25, 0.3) is 0 Å². The van der Waals surface area contributed by atoms with E-state index in [1.807, 2.05) is 0 Å². The van der Waals surface area contributed by atoms with Crippen molar-refractivity contribution in [2.45, 2.75) is 51.0 Å². The Morgan fingerprint density at radius 2 is 2.00 bits per heavy atom. The van der Waals surface area contributed by atoms with Gasteiger partial charge in [0.2, 0.25) is 10.0 Å². The smallest absolute Gasteiger partial charge is 0.410 e. The maximum atomic E-state index is 12.8.